The van der Waals surface area contributed by atoms with Crippen molar-refractivity contribution in [1.29, 1.82) is 0 Å². The fourth-order valence-corrected chi connectivity index (χ4v) is 2.43. The molecule has 5 heteroatoms. The van der Waals surface area contributed by atoms with Gasteiger partial charge in [-0.25, -0.2) is 4.79 Å². The molecule has 0 aliphatic rings. The summed E-state index contributed by atoms with van der Waals surface area (Å²) in [6.45, 7) is 4.21. The summed E-state index contributed by atoms with van der Waals surface area (Å²) in [7, 11) is 0. The molecular weight excluding hydrogens is 248 g/mol. The molecule has 0 amide bonds. The first kappa shape index (κ1) is 14.7. The van der Waals surface area contributed by atoms with Crippen molar-refractivity contribution in [2.24, 2.45) is 0 Å². The molecule has 4 N–H and O–H groups in total. The van der Waals surface area contributed by atoms with E-state index in [1.807, 2.05) is 17.8 Å². The Morgan fingerprint density at radius 3 is 2.89 bits per heavy atom. The van der Waals surface area contributed by atoms with Gasteiger partial charge in [0.1, 0.15) is 0 Å². The molecule has 1 rings (SSSR count). The molecule has 100 valence electrons. The normalized spacial score (nSPS) is 12.1. The summed E-state index contributed by atoms with van der Waals surface area (Å²) >= 11 is 1.89. The van der Waals surface area contributed by atoms with Crippen LogP contribution in [0.5, 0.6) is 0 Å². The van der Waals surface area contributed by atoms with Gasteiger partial charge in [-0.1, -0.05) is 13.0 Å². The molecule has 0 fully saturated rings. The lowest BCUT2D eigenvalue weighted by Gasteiger charge is -2.17. The maximum absolute atomic E-state index is 11.0. The van der Waals surface area contributed by atoms with Gasteiger partial charge in [0.15, 0.2) is 0 Å². The highest BCUT2D eigenvalue weighted by molar-refractivity contribution is 7.99. The molecule has 18 heavy (non-hydrogen) atoms. The number of para-hydroxylation sites is 1. The molecule has 0 bridgehead atoms. The Bertz CT molecular complexity index is 410. The van der Waals surface area contributed by atoms with Gasteiger partial charge < -0.3 is 16.2 Å². The van der Waals surface area contributed by atoms with E-state index in [1.54, 1.807) is 6.07 Å². The molecule has 0 heterocycles. The zero-order chi connectivity index (χ0) is 13.5. The van der Waals surface area contributed by atoms with Crippen molar-refractivity contribution >= 4 is 29.1 Å². The number of anilines is 2. The number of hydrogen-bond donors (Lipinski definition) is 3. The van der Waals surface area contributed by atoms with Crippen LogP contribution in [0.3, 0.4) is 0 Å². The van der Waals surface area contributed by atoms with Crippen molar-refractivity contribution in [3.05, 3.63) is 23.8 Å². The van der Waals surface area contributed by atoms with Gasteiger partial charge in [-0.3, -0.25) is 0 Å². The zero-order valence-corrected chi connectivity index (χ0v) is 11.6. The highest BCUT2D eigenvalue weighted by atomic mass is 32.2. The van der Waals surface area contributed by atoms with Crippen molar-refractivity contribution in [2.45, 2.75) is 26.3 Å². The second kappa shape index (κ2) is 7.16. The number of carbonyl (C=O) groups is 1. The number of nitrogens with two attached hydrogens (primary N) is 1. The first-order valence-corrected chi connectivity index (χ1v) is 7.17. The third kappa shape index (κ3) is 4.14. The van der Waals surface area contributed by atoms with Crippen LogP contribution in [0.1, 0.15) is 30.6 Å². The SMILES string of the molecule is CCSCCC(C)Nc1cccc(C(=O)O)c1N. The number of carboxylic acid groups (broad SMARTS) is 1. The topological polar surface area (TPSA) is 75.3 Å². The lowest BCUT2D eigenvalue weighted by Crippen LogP contribution is -2.18. The number of benzene rings is 1. The first-order chi connectivity index (χ1) is 8.56. The van der Waals surface area contributed by atoms with Crippen LogP contribution in [0.4, 0.5) is 11.4 Å². The Hall–Kier alpha value is -1.36. The van der Waals surface area contributed by atoms with E-state index < -0.39 is 5.97 Å². The Morgan fingerprint density at radius 1 is 1.56 bits per heavy atom. The minimum atomic E-state index is -0.995. The molecule has 0 spiro atoms. The van der Waals surface area contributed by atoms with Gasteiger partial charge in [-0.2, -0.15) is 11.8 Å². The van der Waals surface area contributed by atoms with Crippen LogP contribution in [0.25, 0.3) is 0 Å². The molecule has 1 atom stereocenters. The Kier molecular flexibility index (Phi) is 5.85. The van der Waals surface area contributed by atoms with Crippen molar-refractivity contribution in [2.75, 3.05) is 22.6 Å². The number of nitrogens with one attached hydrogen (secondary N) is 1. The second-order valence-electron chi connectivity index (χ2n) is 4.10. The third-order valence-corrected chi connectivity index (χ3v) is 3.57. The number of hydrogen-bond acceptors (Lipinski definition) is 4. The van der Waals surface area contributed by atoms with Crippen molar-refractivity contribution in [1.82, 2.24) is 0 Å². The van der Waals surface area contributed by atoms with Crippen LogP contribution >= 0.6 is 11.8 Å². The van der Waals surface area contributed by atoms with E-state index in [1.165, 1.54) is 6.07 Å². The highest BCUT2D eigenvalue weighted by Crippen LogP contribution is 2.24. The van der Waals surface area contributed by atoms with Crippen LogP contribution in [0.15, 0.2) is 18.2 Å². The molecule has 1 aromatic rings. The van der Waals surface area contributed by atoms with E-state index in [4.69, 9.17) is 10.8 Å². The number of rotatable bonds is 7. The quantitative estimate of drug-likeness (QED) is 0.523. The van der Waals surface area contributed by atoms with E-state index in [9.17, 15) is 4.79 Å². The Balaban J connectivity index is 2.67. The number of carboxylic acids is 1. The zero-order valence-electron chi connectivity index (χ0n) is 10.8. The minimum Gasteiger partial charge on any atom is -0.478 e. The largest absolute Gasteiger partial charge is 0.478 e. The van der Waals surface area contributed by atoms with Gasteiger partial charge in [0, 0.05) is 6.04 Å². The number of aromatic carboxylic acids is 1. The minimum absolute atomic E-state index is 0.148. The van der Waals surface area contributed by atoms with Crippen LogP contribution in [-0.2, 0) is 0 Å². The van der Waals surface area contributed by atoms with E-state index in [0.717, 1.165) is 17.9 Å². The van der Waals surface area contributed by atoms with Crippen LogP contribution in [0.2, 0.25) is 0 Å². The van der Waals surface area contributed by atoms with E-state index in [2.05, 4.69) is 19.2 Å². The van der Waals surface area contributed by atoms with Crippen LogP contribution in [-0.4, -0.2) is 28.6 Å². The average molecular weight is 268 g/mol. The summed E-state index contributed by atoms with van der Waals surface area (Å²) in [5.41, 5.74) is 6.99. The molecule has 0 aliphatic carbocycles. The van der Waals surface area contributed by atoms with Gasteiger partial charge in [-0.15, -0.1) is 0 Å². The monoisotopic (exact) mass is 268 g/mol. The maximum atomic E-state index is 11.0. The van der Waals surface area contributed by atoms with E-state index >= 15 is 0 Å². The third-order valence-electron chi connectivity index (χ3n) is 2.64. The molecule has 0 aromatic heterocycles. The Morgan fingerprint density at radius 2 is 2.28 bits per heavy atom. The summed E-state index contributed by atoms with van der Waals surface area (Å²) < 4.78 is 0. The fourth-order valence-electron chi connectivity index (χ4n) is 1.62. The molecule has 1 aromatic carbocycles. The first-order valence-electron chi connectivity index (χ1n) is 6.02. The predicted molar refractivity (Wildman–Crippen MR) is 78.5 cm³/mol. The lowest BCUT2D eigenvalue weighted by atomic mass is 10.1. The summed E-state index contributed by atoms with van der Waals surface area (Å²) in [6.07, 6.45) is 1.02. The summed E-state index contributed by atoms with van der Waals surface area (Å²) in [5, 5.41) is 12.2. The highest BCUT2D eigenvalue weighted by Gasteiger charge is 2.12. The van der Waals surface area contributed by atoms with Gasteiger partial charge in [0.25, 0.3) is 0 Å². The Labute approximate surface area is 112 Å². The maximum Gasteiger partial charge on any atom is 0.337 e. The molecule has 0 aliphatic heterocycles. The lowest BCUT2D eigenvalue weighted by molar-refractivity contribution is 0.0698. The molecular formula is C13H20N2O2S. The van der Waals surface area contributed by atoms with E-state index in [0.29, 0.717) is 11.4 Å². The molecule has 0 radical (unpaired) electrons. The van der Waals surface area contributed by atoms with E-state index in [-0.39, 0.29) is 11.6 Å². The van der Waals surface area contributed by atoms with Gasteiger partial charge >= 0.3 is 5.97 Å². The van der Waals surface area contributed by atoms with Crippen LogP contribution in [0, 0.1) is 0 Å². The number of nitrogen functional groups attached to an aromatic ring is 1. The van der Waals surface area contributed by atoms with Gasteiger partial charge in [0.05, 0.1) is 16.9 Å². The fraction of sp³-hybridized carbons (Fsp3) is 0.462. The van der Waals surface area contributed by atoms with Crippen molar-refractivity contribution in [3.63, 3.8) is 0 Å². The summed E-state index contributed by atoms with van der Waals surface area (Å²) in [6, 6.07) is 5.30. The van der Waals surface area contributed by atoms with Gasteiger partial charge in [0.2, 0.25) is 0 Å². The second-order valence-corrected chi connectivity index (χ2v) is 5.50. The standard InChI is InChI=1S/C13H20N2O2S/c1-3-18-8-7-9(2)15-11-6-4-5-10(12(11)14)13(16)17/h4-6,9,15H,3,7-8,14H2,1-2H3,(H,16,17). The molecule has 1 unspecified atom stereocenters. The van der Waals surface area contributed by atoms with Crippen LogP contribution < -0.4 is 11.1 Å². The van der Waals surface area contributed by atoms with Crippen molar-refractivity contribution < 1.29 is 9.90 Å². The molecule has 4 nitrogen and oxygen atoms in total. The number of thioether (sulfide) groups is 1. The summed E-state index contributed by atoms with van der Waals surface area (Å²) in [5.74, 6) is 1.21. The molecule has 0 saturated heterocycles. The van der Waals surface area contributed by atoms with Gasteiger partial charge in [-0.05, 0) is 37.0 Å². The predicted octanol–water partition coefficient (Wildman–Crippen LogP) is 2.91. The summed E-state index contributed by atoms with van der Waals surface area (Å²) in [4.78, 5) is 11.0. The smallest absolute Gasteiger partial charge is 0.337 e. The van der Waals surface area contributed by atoms with Crippen molar-refractivity contribution in [3.8, 4) is 0 Å². The average Bonchev–Trinajstić information content (AvgIpc) is 2.32. The molecule has 0 saturated carbocycles.